The first-order valence-corrected chi connectivity index (χ1v) is 7.88. The Labute approximate surface area is 138 Å². The molecule has 2 N–H and O–H groups in total. The van der Waals surface area contributed by atoms with Gasteiger partial charge in [-0.2, -0.15) is 0 Å². The second-order valence-electron chi connectivity index (χ2n) is 5.74. The Bertz CT molecular complexity index is 712. The number of H-pyrrole nitrogens is 1. The van der Waals surface area contributed by atoms with Gasteiger partial charge in [-0.1, -0.05) is 35.5 Å². The number of ether oxygens (including phenoxy) is 1. The van der Waals surface area contributed by atoms with Crippen molar-refractivity contribution in [2.45, 2.75) is 25.6 Å². The highest BCUT2D eigenvalue weighted by atomic mass is 16.5. The molecule has 0 saturated carbocycles. The standard InChI is InChI=1S/C16H20N4O4/c21-15(17-9-14-18-16(22)24-19-14)8-13-11-20(6-7-23-13)10-12-4-2-1-3-5-12/h1-5,13H,6-11H2,(H,17,21)(H,18,19,22). The number of carbonyl (C=O) groups is 1. The molecule has 1 aliphatic heterocycles. The number of benzene rings is 1. The number of aromatic nitrogens is 2. The molecule has 1 unspecified atom stereocenters. The quantitative estimate of drug-likeness (QED) is 0.787. The lowest BCUT2D eigenvalue weighted by Gasteiger charge is -2.32. The van der Waals surface area contributed by atoms with Crippen molar-refractivity contribution in [2.24, 2.45) is 0 Å². The van der Waals surface area contributed by atoms with Crippen LogP contribution in [0.5, 0.6) is 0 Å². The lowest BCUT2D eigenvalue weighted by Crippen LogP contribution is -2.44. The summed E-state index contributed by atoms with van der Waals surface area (Å²) in [7, 11) is 0. The Morgan fingerprint density at radius 2 is 2.21 bits per heavy atom. The molecule has 0 aliphatic carbocycles. The lowest BCUT2D eigenvalue weighted by molar-refractivity contribution is -0.126. The van der Waals surface area contributed by atoms with Crippen molar-refractivity contribution in [3.63, 3.8) is 0 Å². The number of amides is 1. The predicted molar refractivity (Wildman–Crippen MR) is 85.0 cm³/mol. The highest BCUT2D eigenvalue weighted by Gasteiger charge is 2.23. The van der Waals surface area contributed by atoms with Crippen molar-refractivity contribution < 1.29 is 14.1 Å². The first-order valence-electron chi connectivity index (χ1n) is 7.88. The van der Waals surface area contributed by atoms with E-state index >= 15 is 0 Å². The molecule has 1 aliphatic rings. The number of hydrogen-bond donors (Lipinski definition) is 2. The van der Waals surface area contributed by atoms with Gasteiger partial charge < -0.3 is 10.1 Å². The molecule has 1 aromatic heterocycles. The molecule has 0 bridgehead atoms. The van der Waals surface area contributed by atoms with Crippen LogP contribution < -0.4 is 11.1 Å². The number of hydrogen-bond acceptors (Lipinski definition) is 6. The number of nitrogens with zero attached hydrogens (tertiary/aromatic N) is 2. The molecule has 2 heterocycles. The van der Waals surface area contributed by atoms with E-state index in [1.807, 2.05) is 18.2 Å². The number of aromatic amines is 1. The Morgan fingerprint density at radius 1 is 1.38 bits per heavy atom. The summed E-state index contributed by atoms with van der Waals surface area (Å²) < 4.78 is 10.1. The largest absolute Gasteiger partial charge is 0.438 e. The predicted octanol–water partition coefficient (Wildman–Crippen LogP) is 0.270. The number of morpholine rings is 1. The molecule has 1 fully saturated rings. The minimum atomic E-state index is -0.633. The van der Waals surface area contributed by atoms with Crippen LogP contribution in [-0.4, -0.2) is 46.7 Å². The van der Waals surface area contributed by atoms with Crippen LogP contribution >= 0.6 is 0 Å². The molecular formula is C16H20N4O4. The normalized spacial score (nSPS) is 18.4. The summed E-state index contributed by atoms with van der Waals surface area (Å²) in [6.45, 7) is 3.16. The van der Waals surface area contributed by atoms with Gasteiger partial charge in [0.05, 0.1) is 25.7 Å². The van der Waals surface area contributed by atoms with Crippen molar-refractivity contribution >= 4 is 5.91 Å². The fourth-order valence-electron chi connectivity index (χ4n) is 2.69. The maximum Gasteiger partial charge on any atom is 0.438 e. The molecule has 1 saturated heterocycles. The zero-order valence-corrected chi connectivity index (χ0v) is 13.2. The molecular weight excluding hydrogens is 312 g/mol. The smallest absolute Gasteiger partial charge is 0.375 e. The molecule has 1 aromatic carbocycles. The third-order valence-corrected chi connectivity index (χ3v) is 3.82. The van der Waals surface area contributed by atoms with Crippen molar-refractivity contribution in [3.8, 4) is 0 Å². The van der Waals surface area contributed by atoms with Crippen LogP contribution in [0.25, 0.3) is 0 Å². The van der Waals surface area contributed by atoms with Crippen LogP contribution in [0, 0.1) is 0 Å². The van der Waals surface area contributed by atoms with Gasteiger partial charge in [0.15, 0.2) is 5.82 Å². The molecule has 24 heavy (non-hydrogen) atoms. The van der Waals surface area contributed by atoms with Crippen LogP contribution in [0.1, 0.15) is 17.8 Å². The Balaban J connectivity index is 1.44. The summed E-state index contributed by atoms with van der Waals surface area (Å²) in [5.74, 6) is -0.486. The van der Waals surface area contributed by atoms with E-state index in [1.165, 1.54) is 5.56 Å². The first-order chi connectivity index (χ1) is 11.7. The SMILES string of the molecule is O=C(CC1CN(Cc2ccccc2)CCO1)NCc1noc(=O)[nH]1. The maximum absolute atomic E-state index is 12.0. The van der Waals surface area contributed by atoms with Crippen LogP contribution in [-0.2, 0) is 22.6 Å². The Kier molecular flexibility index (Phi) is 5.39. The molecule has 2 aromatic rings. The van der Waals surface area contributed by atoms with Gasteiger partial charge in [-0.05, 0) is 5.56 Å². The van der Waals surface area contributed by atoms with E-state index in [2.05, 4.69) is 37.0 Å². The third-order valence-electron chi connectivity index (χ3n) is 3.82. The van der Waals surface area contributed by atoms with Crippen molar-refractivity contribution in [2.75, 3.05) is 19.7 Å². The highest BCUT2D eigenvalue weighted by molar-refractivity contribution is 5.76. The highest BCUT2D eigenvalue weighted by Crippen LogP contribution is 2.12. The van der Waals surface area contributed by atoms with E-state index in [-0.39, 0.29) is 25.0 Å². The third kappa shape index (κ3) is 4.77. The fourth-order valence-corrected chi connectivity index (χ4v) is 2.69. The van der Waals surface area contributed by atoms with Gasteiger partial charge in [0.25, 0.3) is 0 Å². The molecule has 128 valence electrons. The topological polar surface area (TPSA) is 100 Å². The summed E-state index contributed by atoms with van der Waals surface area (Å²) in [6, 6.07) is 10.2. The lowest BCUT2D eigenvalue weighted by atomic mass is 10.1. The van der Waals surface area contributed by atoms with Crippen LogP contribution in [0.4, 0.5) is 0 Å². The van der Waals surface area contributed by atoms with Crippen LogP contribution in [0.3, 0.4) is 0 Å². The van der Waals surface area contributed by atoms with E-state index in [4.69, 9.17) is 4.74 Å². The first kappa shape index (κ1) is 16.4. The fraction of sp³-hybridized carbons (Fsp3) is 0.438. The van der Waals surface area contributed by atoms with E-state index in [9.17, 15) is 9.59 Å². The Hall–Kier alpha value is -2.45. The van der Waals surface area contributed by atoms with Gasteiger partial charge in [-0.25, -0.2) is 4.79 Å². The van der Waals surface area contributed by atoms with Gasteiger partial charge >= 0.3 is 5.76 Å². The summed E-state index contributed by atoms with van der Waals surface area (Å²) >= 11 is 0. The monoisotopic (exact) mass is 332 g/mol. The van der Waals surface area contributed by atoms with Crippen molar-refractivity contribution in [3.05, 3.63) is 52.3 Å². The average Bonchev–Trinajstić information content (AvgIpc) is 3.00. The van der Waals surface area contributed by atoms with Crippen molar-refractivity contribution in [1.29, 1.82) is 0 Å². The molecule has 0 radical (unpaired) electrons. The van der Waals surface area contributed by atoms with Crippen molar-refractivity contribution in [1.82, 2.24) is 20.4 Å². The summed E-state index contributed by atoms with van der Waals surface area (Å²) in [4.78, 5) is 27.5. The molecule has 1 amide bonds. The zero-order valence-electron chi connectivity index (χ0n) is 13.2. The molecule has 0 spiro atoms. The number of nitrogens with one attached hydrogen (secondary N) is 2. The second-order valence-corrected chi connectivity index (χ2v) is 5.74. The van der Waals surface area contributed by atoms with E-state index in [0.29, 0.717) is 19.0 Å². The minimum absolute atomic E-state index is 0.130. The Morgan fingerprint density at radius 3 is 2.96 bits per heavy atom. The van der Waals surface area contributed by atoms with Crippen LogP contribution in [0.2, 0.25) is 0 Å². The van der Waals surface area contributed by atoms with E-state index in [1.54, 1.807) is 0 Å². The second kappa shape index (κ2) is 7.89. The maximum atomic E-state index is 12.0. The molecule has 3 rings (SSSR count). The average molecular weight is 332 g/mol. The summed E-state index contributed by atoms with van der Waals surface area (Å²) in [5.41, 5.74) is 1.25. The van der Waals surface area contributed by atoms with Gasteiger partial charge in [-0.3, -0.25) is 19.2 Å². The van der Waals surface area contributed by atoms with Gasteiger partial charge in [-0.15, -0.1) is 0 Å². The number of rotatable bonds is 6. The van der Waals surface area contributed by atoms with E-state index < -0.39 is 5.76 Å². The minimum Gasteiger partial charge on any atom is -0.375 e. The van der Waals surface area contributed by atoms with Gasteiger partial charge in [0.2, 0.25) is 5.91 Å². The van der Waals surface area contributed by atoms with E-state index in [0.717, 1.165) is 13.1 Å². The molecule has 8 nitrogen and oxygen atoms in total. The zero-order chi connectivity index (χ0) is 16.8. The molecule has 8 heteroatoms. The van der Waals surface area contributed by atoms with Gasteiger partial charge in [0, 0.05) is 19.6 Å². The van der Waals surface area contributed by atoms with Crippen LogP contribution in [0.15, 0.2) is 39.6 Å². The summed E-state index contributed by atoms with van der Waals surface area (Å²) in [6.07, 6.45) is 0.131. The molecule has 1 atom stereocenters. The number of carbonyl (C=O) groups excluding carboxylic acids is 1. The van der Waals surface area contributed by atoms with Gasteiger partial charge in [0.1, 0.15) is 0 Å². The summed E-state index contributed by atoms with van der Waals surface area (Å²) in [5, 5.41) is 6.19.